The van der Waals surface area contributed by atoms with Crippen molar-refractivity contribution >= 4 is 0 Å². The molecule has 0 amide bonds. The molecule has 1 N–H and O–H groups in total. The third-order valence-corrected chi connectivity index (χ3v) is 3.31. The van der Waals surface area contributed by atoms with Crippen LogP contribution in [-0.4, -0.2) is 23.3 Å². The minimum atomic E-state index is -0.825. The molecule has 1 aromatic rings. The summed E-state index contributed by atoms with van der Waals surface area (Å²) in [6.45, 7) is 5.25. The quantitative estimate of drug-likeness (QED) is 0.801. The lowest BCUT2D eigenvalue weighted by molar-refractivity contribution is -0.0105. The molecule has 2 rings (SSSR count). The Morgan fingerprint density at radius 3 is 3.00 bits per heavy atom. The molecule has 2 atom stereocenters. The van der Waals surface area contributed by atoms with Crippen LogP contribution in [0.25, 0.3) is 0 Å². The van der Waals surface area contributed by atoms with Gasteiger partial charge in [0.1, 0.15) is 0 Å². The summed E-state index contributed by atoms with van der Waals surface area (Å²) >= 11 is 0. The van der Waals surface area contributed by atoms with Crippen molar-refractivity contribution in [2.24, 2.45) is 5.92 Å². The van der Waals surface area contributed by atoms with E-state index in [1.165, 1.54) is 0 Å². The van der Waals surface area contributed by atoms with Gasteiger partial charge in [-0.2, -0.15) is 0 Å². The molecule has 2 unspecified atom stereocenters. The van der Waals surface area contributed by atoms with Crippen LogP contribution in [0.4, 0.5) is 0 Å². The van der Waals surface area contributed by atoms with Crippen molar-refractivity contribution in [3.05, 3.63) is 29.6 Å². The smallest absolute Gasteiger partial charge is 0.0936 e. The highest BCUT2D eigenvalue weighted by atomic mass is 16.5. The van der Waals surface area contributed by atoms with E-state index < -0.39 is 5.60 Å². The van der Waals surface area contributed by atoms with Crippen LogP contribution >= 0.6 is 0 Å². The van der Waals surface area contributed by atoms with E-state index >= 15 is 0 Å². The van der Waals surface area contributed by atoms with Crippen LogP contribution in [0, 0.1) is 12.8 Å². The Morgan fingerprint density at radius 2 is 2.40 bits per heavy atom. The second kappa shape index (κ2) is 3.91. The number of ether oxygens (including phenoxy) is 1. The zero-order chi connectivity index (χ0) is 10.9. The molecule has 3 nitrogen and oxygen atoms in total. The first-order valence-electron chi connectivity index (χ1n) is 5.33. The van der Waals surface area contributed by atoms with E-state index in [9.17, 15) is 5.11 Å². The second-order valence-corrected chi connectivity index (χ2v) is 4.40. The van der Waals surface area contributed by atoms with Gasteiger partial charge in [-0.15, -0.1) is 0 Å². The van der Waals surface area contributed by atoms with Gasteiger partial charge in [0, 0.05) is 30.5 Å². The van der Waals surface area contributed by atoms with Crippen molar-refractivity contribution < 1.29 is 9.84 Å². The van der Waals surface area contributed by atoms with Crippen molar-refractivity contribution in [2.75, 3.05) is 13.2 Å². The summed E-state index contributed by atoms with van der Waals surface area (Å²) < 4.78 is 5.32. The van der Waals surface area contributed by atoms with E-state index in [1.807, 2.05) is 19.9 Å². The van der Waals surface area contributed by atoms with Crippen LogP contribution < -0.4 is 0 Å². The van der Waals surface area contributed by atoms with Crippen LogP contribution in [-0.2, 0) is 10.3 Å². The van der Waals surface area contributed by atoms with Gasteiger partial charge in [-0.1, -0.05) is 0 Å². The molecule has 82 valence electrons. The van der Waals surface area contributed by atoms with Crippen LogP contribution in [0.1, 0.15) is 24.5 Å². The van der Waals surface area contributed by atoms with Gasteiger partial charge in [-0.3, -0.25) is 4.98 Å². The first kappa shape index (κ1) is 10.6. The highest BCUT2D eigenvalue weighted by Crippen LogP contribution is 2.35. The number of hydrogen-bond donors (Lipinski definition) is 1. The van der Waals surface area contributed by atoms with Crippen molar-refractivity contribution in [3.8, 4) is 0 Å². The summed E-state index contributed by atoms with van der Waals surface area (Å²) in [5.74, 6) is 0.181. The first-order valence-corrected chi connectivity index (χ1v) is 5.33. The normalized spacial score (nSPS) is 25.1. The fraction of sp³-hybridized carbons (Fsp3) is 0.583. The fourth-order valence-corrected chi connectivity index (χ4v) is 2.19. The fourth-order valence-electron chi connectivity index (χ4n) is 2.19. The molecule has 0 aromatic carbocycles. The third-order valence-electron chi connectivity index (χ3n) is 3.31. The lowest BCUT2D eigenvalue weighted by atomic mass is 9.81. The number of nitrogens with zero attached hydrogens (tertiary/aromatic N) is 1. The highest BCUT2D eigenvalue weighted by molar-refractivity contribution is 5.28. The molecular formula is C12H17NO2. The molecule has 1 fully saturated rings. The maximum atomic E-state index is 10.5. The van der Waals surface area contributed by atoms with E-state index in [0.717, 1.165) is 24.2 Å². The molecular weight excluding hydrogens is 190 g/mol. The number of hydrogen-bond acceptors (Lipinski definition) is 3. The van der Waals surface area contributed by atoms with Gasteiger partial charge in [0.05, 0.1) is 12.2 Å². The molecule has 1 aliphatic rings. The lowest BCUT2D eigenvalue weighted by Crippen LogP contribution is -2.33. The van der Waals surface area contributed by atoms with Crippen molar-refractivity contribution in [1.82, 2.24) is 4.98 Å². The van der Waals surface area contributed by atoms with Crippen molar-refractivity contribution in [3.63, 3.8) is 0 Å². The maximum absolute atomic E-state index is 10.5. The minimum absolute atomic E-state index is 0.181. The molecule has 1 aliphatic heterocycles. The topological polar surface area (TPSA) is 42.4 Å². The molecule has 0 aliphatic carbocycles. The zero-order valence-electron chi connectivity index (χ0n) is 9.23. The molecule has 1 aromatic heterocycles. The Bertz CT molecular complexity index is 343. The summed E-state index contributed by atoms with van der Waals surface area (Å²) in [4.78, 5) is 4.08. The number of rotatable bonds is 2. The Kier molecular flexibility index (Phi) is 2.76. The summed E-state index contributed by atoms with van der Waals surface area (Å²) in [6.07, 6.45) is 4.43. The average Bonchev–Trinajstić information content (AvgIpc) is 2.71. The van der Waals surface area contributed by atoms with Crippen LogP contribution in [0.3, 0.4) is 0 Å². The molecule has 0 bridgehead atoms. The Labute approximate surface area is 90.1 Å². The monoisotopic (exact) mass is 207 g/mol. The lowest BCUT2D eigenvalue weighted by Gasteiger charge is -2.30. The van der Waals surface area contributed by atoms with Gasteiger partial charge in [0.2, 0.25) is 0 Å². The van der Waals surface area contributed by atoms with Gasteiger partial charge in [0.15, 0.2) is 0 Å². The van der Waals surface area contributed by atoms with Gasteiger partial charge < -0.3 is 9.84 Å². The zero-order valence-corrected chi connectivity index (χ0v) is 9.23. The van der Waals surface area contributed by atoms with Gasteiger partial charge in [0.25, 0.3) is 0 Å². The standard InChI is InChI=1S/C12H17NO2/c1-9-3-5-13-7-11(9)12(2,14)10-4-6-15-8-10/h3,5,7,10,14H,4,6,8H2,1-2H3. The van der Waals surface area contributed by atoms with E-state index in [-0.39, 0.29) is 5.92 Å². The average molecular weight is 207 g/mol. The molecule has 0 saturated carbocycles. The molecule has 3 heteroatoms. The summed E-state index contributed by atoms with van der Waals surface area (Å²) in [7, 11) is 0. The van der Waals surface area contributed by atoms with Crippen LogP contribution in [0.5, 0.6) is 0 Å². The SMILES string of the molecule is Cc1ccncc1C(C)(O)C1CCOC1. The van der Waals surface area contributed by atoms with E-state index in [0.29, 0.717) is 6.61 Å². The van der Waals surface area contributed by atoms with Gasteiger partial charge in [-0.25, -0.2) is 0 Å². The largest absolute Gasteiger partial charge is 0.385 e. The molecule has 0 radical (unpaired) electrons. The van der Waals surface area contributed by atoms with Crippen molar-refractivity contribution in [2.45, 2.75) is 25.9 Å². The highest BCUT2D eigenvalue weighted by Gasteiger charge is 2.37. The minimum Gasteiger partial charge on any atom is -0.385 e. The van der Waals surface area contributed by atoms with Crippen LogP contribution in [0.2, 0.25) is 0 Å². The second-order valence-electron chi connectivity index (χ2n) is 4.40. The molecule has 0 spiro atoms. The van der Waals surface area contributed by atoms with Gasteiger partial charge in [-0.05, 0) is 31.9 Å². The van der Waals surface area contributed by atoms with E-state index in [1.54, 1.807) is 12.4 Å². The summed E-state index contributed by atoms with van der Waals surface area (Å²) in [5.41, 5.74) is 1.18. The number of aliphatic hydroxyl groups is 1. The number of pyridine rings is 1. The number of aromatic nitrogens is 1. The predicted molar refractivity (Wildman–Crippen MR) is 57.5 cm³/mol. The maximum Gasteiger partial charge on any atom is 0.0936 e. The van der Waals surface area contributed by atoms with Gasteiger partial charge >= 0.3 is 0 Å². The van der Waals surface area contributed by atoms with E-state index in [2.05, 4.69) is 4.98 Å². The van der Waals surface area contributed by atoms with Crippen LogP contribution in [0.15, 0.2) is 18.5 Å². The number of aryl methyl sites for hydroxylation is 1. The summed E-state index contributed by atoms with van der Waals surface area (Å²) in [6, 6.07) is 1.93. The third kappa shape index (κ3) is 1.90. The Morgan fingerprint density at radius 1 is 1.60 bits per heavy atom. The van der Waals surface area contributed by atoms with Crippen molar-refractivity contribution in [1.29, 1.82) is 0 Å². The Balaban J connectivity index is 2.31. The Hall–Kier alpha value is -0.930. The van der Waals surface area contributed by atoms with E-state index in [4.69, 9.17) is 4.74 Å². The molecule has 15 heavy (non-hydrogen) atoms. The molecule has 1 saturated heterocycles. The first-order chi connectivity index (χ1) is 7.12. The molecule has 2 heterocycles. The summed E-state index contributed by atoms with van der Waals surface area (Å²) in [5, 5.41) is 10.5. The predicted octanol–water partition coefficient (Wildman–Crippen LogP) is 1.63.